The minimum atomic E-state index is -0.425. The highest BCUT2D eigenvalue weighted by Crippen LogP contribution is 2.20. The van der Waals surface area contributed by atoms with Gasteiger partial charge in [0.05, 0.1) is 6.07 Å². The Morgan fingerprint density at radius 2 is 2.29 bits per heavy atom. The molecule has 0 aromatic heterocycles. The van der Waals surface area contributed by atoms with Crippen LogP contribution in [0.25, 0.3) is 0 Å². The van der Waals surface area contributed by atoms with Crippen LogP contribution in [-0.4, -0.2) is 37.0 Å². The van der Waals surface area contributed by atoms with E-state index in [-0.39, 0.29) is 6.61 Å². The molecule has 0 radical (unpaired) electrons. The van der Waals surface area contributed by atoms with Gasteiger partial charge in [0.25, 0.3) is 0 Å². The van der Waals surface area contributed by atoms with Crippen LogP contribution in [0.3, 0.4) is 0 Å². The van der Waals surface area contributed by atoms with Crippen molar-refractivity contribution in [2.75, 3.05) is 26.4 Å². The summed E-state index contributed by atoms with van der Waals surface area (Å²) in [5.74, 6) is 0. The fourth-order valence-electron chi connectivity index (χ4n) is 1.68. The molecule has 0 aliphatic carbocycles. The number of nitriles is 1. The molecule has 1 atom stereocenters. The molecule has 14 heavy (non-hydrogen) atoms. The summed E-state index contributed by atoms with van der Waals surface area (Å²) in [6.07, 6.45) is 3.22. The van der Waals surface area contributed by atoms with Crippen molar-refractivity contribution < 1.29 is 9.84 Å². The van der Waals surface area contributed by atoms with Gasteiger partial charge in [0.1, 0.15) is 5.54 Å². The van der Waals surface area contributed by atoms with Crippen molar-refractivity contribution >= 4 is 0 Å². The molecule has 1 heterocycles. The van der Waals surface area contributed by atoms with Gasteiger partial charge in [0.2, 0.25) is 0 Å². The summed E-state index contributed by atoms with van der Waals surface area (Å²) < 4.78 is 5.32. The summed E-state index contributed by atoms with van der Waals surface area (Å²) in [5, 5.41) is 21.0. The minimum Gasteiger partial charge on any atom is -0.396 e. The zero-order chi connectivity index (χ0) is 10.3. The first-order chi connectivity index (χ1) is 6.83. The lowest BCUT2D eigenvalue weighted by atomic mass is 9.92. The van der Waals surface area contributed by atoms with Gasteiger partial charge < -0.3 is 9.84 Å². The number of nitrogens with zero attached hydrogens (tertiary/aromatic N) is 1. The third-order valence-corrected chi connectivity index (χ3v) is 2.58. The molecule has 0 bridgehead atoms. The van der Waals surface area contributed by atoms with Gasteiger partial charge in [-0.3, -0.25) is 5.32 Å². The topological polar surface area (TPSA) is 65.3 Å². The van der Waals surface area contributed by atoms with Gasteiger partial charge in [-0.05, 0) is 25.8 Å². The van der Waals surface area contributed by atoms with Gasteiger partial charge in [0.15, 0.2) is 0 Å². The van der Waals surface area contributed by atoms with E-state index >= 15 is 0 Å². The summed E-state index contributed by atoms with van der Waals surface area (Å²) in [4.78, 5) is 0. The third kappa shape index (κ3) is 3.26. The van der Waals surface area contributed by atoms with Crippen LogP contribution in [0.5, 0.6) is 0 Å². The van der Waals surface area contributed by atoms with E-state index in [0.29, 0.717) is 19.6 Å². The Kier molecular flexibility index (Phi) is 4.88. The number of ether oxygens (including phenoxy) is 1. The molecule has 1 aliphatic heterocycles. The smallest absolute Gasteiger partial charge is 0.109 e. The molecular weight excluding hydrogens is 180 g/mol. The maximum absolute atomic E-state index is 9.14. The van der Waals surface area contributed by atoms with Crippen molar-refractivity contribution in [3.8, 4) is 6.07 Å². The number of nitrogens with one attached hydrogen (secondary N) is 1. The Bertz CT molecular complexity index is 193. The normalized spacial score (nSPS) is 28.0. The van der Waals surface area contributed by atoms with Crippen molar-refractivity contribution in [1.82, 2.24) is 5.32 Å². The maximum atomic E-state index is 9.14. The lowest BCUT2D eigenvalue weighted by Crippen LogP contribution is -2.44. The molecule has 4 heteroatoms. The van der Waals surface area contributed by atoms with Crippen molar-refractivity contribution in [3.63, 3.8) is 0 Å². The number of hydrogen-bond acceptors (Lipinski definition) is 4. The van der Waals surface area contributed by atoms with E-state index < -0.39 is 5.54 Å². The molecule has 1 fully saturated rings. The van der Waals surface area contributed by atoms with E-state index in [1.165, 1.54) is 0 Å². The lowest BCUT2D eigenvalue weighted by Gasteiger charge is -2.25. The molecular formula is C10H18N2O2. The highest BCUT2D eigenvalue weighted by molar-refractivity contribution is 5.07. The molecule has 2 N–H and O–H groups in total. The molecule has 0 spiro atoms. The number of hydrogen-bond donors (Lipinski definition) is 2. The number of aliphatic hydroxyl groups excluding tert-OH is 1. The Hall–Kier alpha value is -0.630. The van der Waals surface area contributed by atoms with Gasteiger partial charge >= 0.3 is 0 Å². The van der Waals surface area contributed by atoms with Crippen LogP contribution in [0.2, 0.25) is 0 Å². The summed E-state index contributed by atoms with van der Waals surface area (Å²) >= 11 is 0. The Morgan fingerprint density at radius 3 is 3.00 bits per heavy atom. The molecule has 80 valence electrons. The molecule has 0 aromatic carbocycles. The van der Waals surface area contributed by atoms with Gasteiger partial charge in [-0.2, -0.15) is 5.26 Å². The average molecular weight is 198 g/mol. The summed E-state index contributed by atoms with van der Waals surface area (Å²) in [6.45, 7) is 2.28. The molecule has 1 rings (SSSR count). The highest BCUT2D eigenvalue weighted by Gasteiger charge is 2.30. The molecule has 0 amide bonds. The quantitative estimate of drug-likeness (QED) is 0.643. The first-order valence-corrected chi connectivity index (χ1v) is 5.18. The van der Waals surface area contributed by atoms with Crippen LogP contribution in [-0.2, 0) is 4.74 Å². The second kappa shape index (κ2) is 5.97. The van der Waals surface area contributed by atoms with Crippen molar-refractivity contribution in [2.45, 2.75) is 31.2 Å². The highest BCUT2D eigenvalue weighted by atomic mass is 16.5. The van der Waals surface area contributed by atoms with E-state index in [1.807, 2.05) is 0 Å². The summed E-state index contributed by atoms with van der Waals surface area (Å²) in [6, 6.07) is 2.34. The molecule has 1 aliphatic rings. The molecule has 1 saturated heterocycles. The fraction of sp³-hybridized carbons (Fsp3) is 0.900. The van der Waals surface area contributed by atoms with E-state index in [4.69, 9.17) is 15.1 Å². The van der Waals surface area contributed by atoms with E-state index in [2.05, 4.69) is 11.4 Å². The van der Waals surface area contributed by atoms with Crippen LogP contribution in [0.15, 0.2) is 0 Å². The van der Waals surface area contributed by atoms with Gasteiger partial charge in [-0.1, -0.05) is 0 Å². The van der Waals surface area contributed by atoms with Crippen molar-refractivity contribution in [1.29, 1.82) is 5.26 Å². The van der Waals surface area contributed by atoms with Crippen LogP contribution in [0, 0.1) is 11.3 Å². The Morgan fingerprint density at radius 1 is 1.43 bits per heavy atom. The first kappa shape index (κ1) is 11.4. The van der Waals surface area contributed by atoms with E-state index in [9.17, 15) is 0 Å². The minimum absolute atomic E-state index is 0.172. The monoisotopic (exact) mass is 198 g/mol. The first-order valence-electron chi connectivity index (χ1n) is 5.18. The van der Waals surface area contributed by atoms with Crippen LogP contribution >= 0.6 is 0 Å². The van der Waals surface area contributed by atoms with Crippen molar-refractivity contribution in [2.24, 2.45) is 0 Å². The predicted octanol–water partition coefficient (Wildman–Crippen LogP) is 0.421. The van der Waals surface area contributed by atoms with Crippen molar-refractivity contribution in [3.05, 3.63) is 0 Å². The summed E-state index contributed by atoms with van der Waals surface area (Å²) in [7, 11) is 0. The third-order valence-electron chi connectivity index (χ3n) is 2.58. The fourth-order valence-corrected chi connectivity index (χ4v) is 1.68. The lowest BCUT2D eigenvalue weighted by molar-refractivity contribution is 0.140. The van der Waals surface area contributed by atoms with E-state index in [0.717, 1.165) is 25.9 Å². The largest absolute Gasteiger partial charge is 0.396 e. The Balaban J connectivity index is 2.42. The van der Waals surface area contributed by atoms with Gasteiger partial charge in [-0.15, -0.1) is 0 Å². The average Bonchev–Trinajstić information content (AvgIpc) is 2.45. The predicted molar refractivity (Wildman–Crippen MR) is 52.7 cm³/mol. The molecule has 0 saturated carbocycles. The van der Waals surface area contributed by atoms with Crippen LogP contribution in [0.1, 0.15) is 25.7 Å². The second-order valence-electron chi connectivity index (χ2n) is 3.66. The zero-order valence-electron chi connectivity index (χ0n) is 8.46. The molecule has 0 aromatic rings. The zero-order valence-corrected chi connectivity index (χ0v) is 8.46. The molecule has 4 nitrogen and oxygen atoms in total. The van der Waals surface area contributed by atoms with Gasteiger partial charge in [0, 0.05) is 26.2 Å². The van der Waals surface area contributed by atoms with E-state index in [1.54, 1.807) is 0 Å². The number of rotatable bonds is 4. The number of aliphatic hydroxyl groups is 1. The van der Waals surface area contributed by atoms with Gasteiger partial charge in [-0.25, -0.2) is 0 Å². The van der Waals surface area contributed by atoms with Crippen LogP contribution < -0.4 is 5.32 Å². The SMILES string of the molecule is N#CC1(NCCCO)CCCOCC1. The van der Waals surface area contributed by atoms with Crippen LogP contribution in [0.4, 0.5) is 0 Å². The Labute approximate surface area is 84.9 Å². The second-order valence-corrected chi connectivity index (χ2v) is 3.66. The summed E-state index contributed by atoms with van der Waals surface area (Å²) in [5.41, 5.74) is -0.425. The molecule has 1 unspecified atom stereocenters. The standard InChI is InChI=1S/C10H18N2O2/c11-9-10(12-5-2-6-13)3-1-7-14-8-4-10/h12-13H,1-8H2. The maximum Gasteiger partial charge on any atom is 0.109 e.